The molecule has 0 bridgehead atoms. The molecule has 1 unspecified atom stereocenters. The van der Waals surface area contributed by atoms with Crippen molar-refractivity contribution in [2.24, 2.45) is 5.73 Å². The molecular formula is C10H13N3O. The van der Waals surface area contributed by atoms with Gasteiger partial charge in [-0.2, -0.15) is 0 Å². The first-order valence-electron chi connectivity index (χ1n) is 4.62. The lowest BCUT2D eigenvalue weighted by atomic mass is 10.2. The zero-order valence-electron chi connectivity index (χ0n) is 7.79. The molecule has 0 radical (unpaired) electrons. The molecule has 14 heavy (non-hydrogen) atoms. The van der Waals surface area contributed by atoms with Crippen LogP contribution in [-0.4, -0.2) is 18.5 Å². The van der Waals surface area contributed by atoms with Crippen LogP contribution >= 0.6 is 0 Å². The lowest BCUT2D eigenvalue weighted by Crippen LogP contribution is -2.44. The number of nitrogens with two attached hydrogens (primary N) is 1. The monoisotopic (exact) mass is 191 g/mol. The second-order valence-electron chi connectivity index (χ2n) is 3.37. The van der Waals surface area contributed by atoms with Crippen molar-refractivity contribution in [1.82, 2.24) is 5.32 Å². The summed E-state index contributed by atoms with van der Waals surface area (Å²) >= 11 is 0. The molecule has 1 amide bonds. The number of nitrogens with one attached hydrogen (secondary N) is 2. The van der Waals surface area contributed by atoms with Crippen LogP contribution in [0.15, 0.2) is 24.3 Å². The number of rotatable bonds is 1. The normalized spacial score (nSPS) is 20.4. The number of hydrogen-bond donors (Lipinski definition) is 3. The van der Waals surface area contributed by atoms with Gasteiger partial charge in [0, 0.05) is 18.8 Å². The van der Waals surface area contributed by atoms with E-state index in [1.807, 2.05) is 24.3 Å². The molecular weight excluding hydrogens is 178 g/mol. The highest BCUT2D eigenvalue weighted by molar-refractivity contribution is 5.81. The van der Waals surface area contributed by atoms with Crippen molar-refractivity contribution in [3.8, 4) is 0 Å². The Bertz CT molecular complexity index is 324. The Morgan fingerprint density at radius 1 is 1.43 bits per heavy atom. The number of anilines is 1. The molecule has 4 heteroatoms. The molecule has 74 valence electrons. The molecule has 1 aliphatic heterocycles. The van der Waals surface area contributed by atoms with Gasteiger partial charge in [-0.1, -0.05) is 18.2 Å². The maximum atomic E-state index is 11.0. The van der Waals surface area contributed by atoms with Gasteiger partial charge in [-0.3, -0.25) is 4.79 Å². The minimum Gasteiger partial charge on any atom is -0.383 e. The molecule has 1 aromatic rings. The average Bonchev–Trinajstić information content (AvgIpc) is 2.39. The largest absolute Gasteiger partial charge is 0.383 e. The van der Waals surface area contributed by atoms with Crippen molar-refractivity contribution in [3.63, 3.8) is 0 Å². The van der Waals surface area contributed by atoms with Crippen LogP contribution in [0, 0.1) is 0 Å². The van der Waals surface area contributed by atoms with E-state index in [1.165, 1.54) is 0 Å². The molecule has 0 aliphatic carbocycles. The van der Waals surface area contributed by atoms with Crippen molar-refractivity contribution in [2.45, 2.75) is 12.6 Å². The molecule has 1 heterocycles. The van der Waals surface area contributed by atoms with Crippen LogP contribution in [0.2, 0.25) is 0 Å². The van der Waals surface area contributed by atoms with Gasteiger partial charge in [-0.25, -0.2) is 0 Å². The third-order valence-electron chi connectivity index (χ3n) is 2.40. The molecule has 4 nitrogen and oxygen atoms in total. The lowest BCUT2D eigenvalue weighted by Gasteiger charge is -2.10. The van der Waals surface area contributed by atoms with Gasteiger partial charge in [0.25, 0.3) is 0 Å². The second-order valence-corrected chi connectivity index (χ2v) is 3.37. The first-order chi connectivity index (χ1) is 6.77. The summed E-state index contributed by atoms with van der Waals surface area (Å²) in [4.78, 5) is 11.0. The van der Waals surface area contributed by atoms with E-state index in [0.717, 1.165) is 11.3 Å². The molecule has 0 aromatic heterocycles. The van der Waals surface area contributed by atoms with Crippen LogP contribution in [-0.2, 0) is 11.3 Å². The minimum absolute atomic E-state index is 0.289. The quantitative estimate of drug-likeness (QED) is 0.588. The van der Waals surface area contributed by atoms with Crippen LogP contribution in [0.4, 0.5) is 5.69 Å². The minimum atomic E-state index is -0.315. The van der Waals surface area contributed by atoms with Crippen molar-refractivity contribution in [3.05, 3.63) is 29.8 Å². The molecule has 0 saturated carbocycles. The summed E-state index contributed by atoms with van der Waals surface area (Å²) in [5.74, 6) is -0.315. The first-order valence-corrected chi connectivity index (χ1v) is 4.62. The lowest BCUT2D eigenvalue weighted by molar-refractivity contribution is -0.119. The molecule has 0 saturated heterocycles. The Hall–Kier alpha value is -1.55. The van der Waals surface area contributed by atoms with Crippen LogP contribution in [0.3, 0.4) is 0 Å². The average molecular weight is 191 g/mol. The summed E-state index contributed by atoms with van der Waals surface area (Å²) in [6.07, 6.45) is 0. The predicted molar refractivity (Wildman–Crippen MR) is 54.8 cm³/mol. The van der Waals surface area contributed by atoms with Crippen molar-refractivity contribution in [2.75, 3.05) is 11.9 Å². The van der Waals surface area contributed by atoms with E-state index in [1.54, 1.807) is 0 Å². The topological polar surface area (TPSA) is 67.2 Å². The fourth-order valence-electron chi connectivity index (χ4n) is 1.57. The van der Waals surface area contributed by atoms with Gasteiger partial charge in [0.05, 0.1) is 0 Å². The summed E-state index contributed by atoms with van der Waals surface area (Å²) in [5, 5.41) is 6.29. The van der Waals surface area contributed by atoms with E-state index in [9.17, 15) is 4.79 Å². The molecule has 0 fully saturated rings. The molecule has 1 aliphatic rings. The van der Waals surface area contributed by atoms with Crippen LogP contribution < -0.4 is 16.4 Å². The Labute approximate surface area is 82.5 Å². The standard InChI is InChI=1S/C10H13N3O/c11-10(14)9-6-13-8-4-2-1-3-7(8)5-12-9/h1-4,9,12-13H,5-6H2,(H2,11,14). The Morgan fingerprint density at radius 3 is 3.00 bits per heavy atom. The van der Waals surface area contributed by atoms with E-state index in [-0.39, 0.29) is 11.9 Å². The fraction of sp³-hybridized carbons (Fsp3) is 0.300. The molecule has 1 atom stereocenters. The van der Waals surface area contributed by atoms with E-state index in [0.29, 0.717) is 13.1 Å². The number of primary amides is 1. The highest BCUT2D eigenvalue weighted by Crippen LogP contribution is 2.16. The summed E-state index contributed by atoms with van der Waals surface area (Å²) in [7, 11) is 0. The summed E-state index contributed by atoms with van der Waals surface area (Å²) in [6.45, 7) is 1.23. The number of amides is 1. The molecule has 2 rings (SSSR count). The van der Waals surface area contributed by atoms with Gasteiger partial charge >= 0.3 is 0 Å². The number of fused-ring (bicyclic) bond motifs is 1. The number of para-hydroxylation sites is 1. The number of carbonyl (C=O) groups is 1. The maximum Gasteiger partial charge on any atom is 0.236 e. The third-order valence-corrected chi connectivity index (χ3v) is 2.40. The van der Waals surface area contributed by atoms with Gasteiger partial charge in [-0.05, 0) is 11.6 Å². The first kappa shape index (κ1) is 9.02. The predicted octanol–water partition coefficient (Wildman–Crippen LogP) is 0.0556. The summed E-state index contributed by atoms with van der Waals surface area (Å²) in [5.41, 5.74) is 7.47. The zero-order chi connectivity index (χ0) is 9.97. The van der Waals surface area contributed by atoms with Gasteiger partial charge in [-0.15, -0.1) is 0 Å². The smallest absolute Gasteiger partial charge is 0.236 e. The number of benzene rings is 1. The van der Waals surface area contributed by atoms with E-state index in [4.69, 9.17) is 5.73 Å². The highest BCUT2D eigenvalue weighted by Gasteiger charge is 2.18. The van der Waals surface area contributed by atoms with Gasteiger partial charge < -0.3 is 16.4 Å². The van der Waals surface area contributed by atoms with Gasteiger partial charge in [0.1, 0.15) is 6.04 Å². The Kier molecular flexibility index (Phi) is 2.37. The highest BCUT2D eigenvalue weighted by atomic mass is 16.1. The molecule has 1 aromatic carbocycles. The van der Waals surface area contributed by atoms with Crippen molar-refractivity contribution >= 4 is 11.6 Å². The number of hydrogen-bond acceptors (Lipinski definition) is 3. The van der Waals surface area contributed by atoms with Crippen LogP contribution in [0.25, 0.3) is 0 Å². The van der Waals surface area contributed by atoms with E-state index in [2.05, 4.69) is 10.6 Å². The van der Waals surface area contributed by atoms with Crippen molar-refractivity contribution in [1.29, 1.82) is 0 Å². The molecule has 0 spiro atoms. The SMILES string of the molecule is NC(=O)C1CNc2ccccc2CN1. The summed E-state index contributed by atoms with van der Waals surface area (Å²) in [6, 6.07) is 7.69. The second kappa shape index (κ2) is 3.67. The Morgan fingerprint density at radius 2 is 2.21 bits per heavy atom. The third kappa shape index (κ3) is 1.70. The van der Waals surface area contributed by atoms with E-state index >= 15 is 0 Å². The Balaban J connectivity index is 2.18. The van der Waals surface area contributed by atoms with Crippen LogP contribution in [0.1, 0.15) is 5.56 Å². The van der Waals surface area contributed by atoms with Gasteiger partial charge in [0.15, 0.2) is 0 Å². The summed E-state index contributed by atoms with van der Waals surface area (Å²) < 4.78 is 0. The molecule has 4 N–H and O–H groups in total. The maximum absolute atomic E-state index is 11.0. The van der Waals surface area contributed by atoms with Crippen molar-refractivity contribution < 1.29 is 4.79 Å². The fourth-order valence-corrected chi connectivity index (χ4v) is 1.57. The van der Waals surface area contributed by atoms with E-state index < -0.39 is 0 Å². The number of carbonyl (C=O) groups excluding carboxylic acids is 1. The zero-order valence-corrected chi connectivity index (χ0v) is 7.79. The van der Waals surface area contributed by atoms with Gasteiger partial charge in [0.2, 0.25) is 5.91 Å². The van der Waals surface area contributed by atoms with Crippen LogP contribution in [0.5, 0.6) is 0 Å².